The molecule has 41 heavy (non-hydrogen) atoms. The number of hydrogen-bond acceptors (Lipinski definition) is 5. The molecule has 0 bridgehead atoms. The van der Waals surface area contributed by atoms with E-state index in [1.54, 1.807) is 12.1 Å². The van der Waals surface area contributed by atoms with Crippen molar-refractivity contribution in [3.63, 3.8) is 0 Å². The van der Waals surface area contributed by atoms with Crippen molar-refractivity contribution in [1.29, 1.82) is 0 Å². The largest absolute Gasteiger partial charge is 0.490 e. The van der Waals surface area contributed by atoms with E-state index >= 15 is 0 Å². The topological polar surface area (TPSA) is 61.8 Å². The molecule has 0 N–H and O–H groups in total. The first kappa shape index (κ1) is 32.5. The molecule has 226 valence electrons. The van der Waals surface area contributed by atoms with Gasteiger partial charge in [-0.05, 0) is 74.3 Å². The summed E-state index contributed by atoms with van der Waals surface area (Å²) in [6.45, 7) is 4.37. The van der Waals surface area contributed by atoms with Crippen molar-refractivity contribution in [3.05, 3.63) is 59.2 Å². The maximum Gasteiger partial charge on any atom is 0.346 e. The van der Waals surface area contributed by atoms with Gasteiger partial charge >= 0.3 is 11.9 Å². The lowest BCUT2D eigenvalue weighted by Crippen LogP contribution is -2.28. The van der Waals surface area contributed by atoms with Gasteiger partial charge in [0.05, 0.1) is 12.2 Å². The Morgan fingerprint density at radius 2 is 1.49 bits per heavy atom. The first-order valence-corrected chi connectivity index (χ1v) is 15.1. The lowest BCUT2D eigenvalue weighted by atomic mass is 9.83. The maximum atomic E-state index is 14.6. The lowest BCUT2D eigenvalue weighted by Gasteiger charge is -2.29. The minimum Gasteiger partial charge on any atom is -0.490 e. The minimum atomic E-state index is -1.56. The third-order valence-corrected chi connectivity index (χ3v) is 7.61. The second kappa shape index (κ2) is 17.0. The number of benzene rings is 2. The Morgan fingerprint density at radius 3 is 2.17 bits per heavy atom. The lowest BCUT2D eigenvalue weighted by molar-refractivity contribution is -0.157. The summed E-state index contributed by atoms with van der Waals surface area (Å²) in [4.78, 5) is 24.5. The molecule has 1 fully saturated rings. The first-order valence-electron chi connectivity index (χ1n) is 15.1. The fraction of sp³-hybridized carbons (Fsp3) is 0.576. The van der Waals surface area contributed by atoms with Crippen LogP contribution in [0, 0.1) is 11.6 Å². The van der Waals surface area contributed by atoms with Crippen molar-refractivity contribution in [3.8, 4) is 11.5 Å². The number of halogens is 3. The summed E-state index contributed by atoms with van der Waals surface area (Å²) in [5.74, 6) is -4.04. The number of rotatable bonds is 16. The van der Waals surface area contributed by atoms with Crippen LogP contribution in [0.4, 0.5) is 13.2 Å². The second-order valence-corrected chi connectivity index (χ2v) is 10.8. The molecule has 0 aliphatic heterocycles. The van der Waals surface area contributed by atoms with Gasteiger partial charge in [0.15, 0.2) is 17.7 Å². The molecule has 1 aliphatic carbocycles. The quantitative estimate of drug-likeness (QED) is 0.113. The normalized spacial score (nSPS) is 17.6. The molecule has 5 nitrogen and oxygen atoms in total. The van der Waals surface area contributed by atoms with Crippen molar-refractivity contribution >= 4 is 11.9 Å². The first-order chi connectivity index (χ1) is 19.8. The summed E-state index contributed by atoms with van der Waals surface area (Å²) >= 11 is 0. The van der Waals surface area contributed by atoms with Crippen molar-refractivity contribution in [1.82, 2.24) is 0 Å². The van der Waals surface area contributed by atoms with Gasteiger partial charge in [-0.15, -0.1) is 0 Å². The number of hydrogen-bond donors (Lipinski definition) is 0. The monoisotopic (exact) mass is 576 g/mol. The molecule has 3 rings (SSSR count). The number of carbonyl (C=O) groups excluding carboxylic acids is 2. The van der Waals surface area contributed by atoms with Crippen molar-refractivity contribution < 1.29 is 37.0 Å². The molecule has 1 saturated carbocycles. The Labute approximate surface area is 241 Å². The predicted octanol–water partition coefficient (Wildman–Crippen LogP) is 9.02. The zero-order valence-corrected chi connectivity index (χ0v) is 24.3. The van der Waals surface area contributed by atoms with Crippen molar-refractivity contribution in [2.75, 3.05) is 6.61 Å². The van der Waals surface area contributed by atoms with Gasteiger partial charge in [-0.25, -0.2) is 18.4 Å². The molecule has 0 radical (unpaired) electrons. The predicted molar refractivity (Wildman–Crippen MR) is 152 cm³/mol. The number of alkyl halides is 1. The molecule has 0 aromatic heterocycles. The number of ether oxygens (including phenoxy) is 3. The van der Waals surface area contributed by atoms with E-state index in [0.717, 1.165) is 56.9 Å². The highest BCUT2D eigenvalue weighted by Gasteiger charge is 2.28. The molecule has 0 saturated heterocycles. The van der Waals surface area contributed by atoms with Gasteiger partial charge in [-0.1, -0.05) is 70.9 Å². The SMILES string of the molecule is CCCCCCCCOc1ccc(C(=O)Oc2ccc(C3CCC(OC(=O)[C@@H](F)CCCC)CC3)cc2)c(F)c1F. The van der Waals surface area contributed by atoms with E-state index in [4.69, 9.17) is 14.2 Å². The molecule has 0 unspecified atom stereocenters. The Kier molecular flexibility index (Phi) is 13.5. The zero-order valence-electron chi connectivity index (χ0n) is 24.3. The second-order valence-electron chi connectivity index (χ2n) is 10.8. The average Bonchev–Trinajstić information content (AvgIpc) is 2.98. The van der Waals surface area contributed by atoms with Crippen molar-refractivity contribution in [2.45, 2.75) is 116 Å². The van der Waals surface area contributed by atoms with Crippen LogP contribution in [0.2, 0.25) is 0 Å². The van der Waals surface area contributed by atoms with E-state index in [1.807, 2.05) is 19.1 Å². The van der Waals surface area contributed by atoms with Crippen LogP contribution in [0.1, 0.15) is 119 Å². The van der Waals surface area contributed by atoms with E-state index in [2.05, 4.69) is 6.92 Å². The molecule has 0 amide bonds. The summed E-state index contributed by atoms with van der Waals surface area (Å²) in [6, 6.07) is 9.32. The van der Waals surface area contributed by atoms with Gasteiger partial charge in [0.1, 0.15) is 11.9 Å². The maximum absolute atomic E-state index is 14.6. The van der Waals surface area contributed by atoms with Crippen LogP contribution < -0.4 is 9.47 Å². The van der Waals surface area contributed by atoms with Crippen LogP contribution in [-0.4, -0.2) is 30.8 Å². The molecule has 1 aliphatic rings. The summed E-state index contributed by atoms with van der Waals surface area (Å²) in [7, 11) is 0. The number of esters is 2. The highest BCUT2D eigenvalue weighted by atomic mass is 19.2. The summed E-state index contributed by atoms with van der Waals surface area (Å²) in [5.41, 5.74) is 0.529. The molecule has 8 heteroatoms. The van der Waals surface area contributed by atoms with Crippen LogP contribution in [-0.2, 0) is 9.53 Å². The van der Waals surface area contributed by atoms with E-state index in [1.165, 1.54) is 18.6 Å². The molecular weight excluding hydrogens is 533 g/mol. The van der Waals surface area contributed by atoms with Gasteiger partial charge in [0.25, 0.3) is 0 Å². The van der Waals surface area contributed by atoms with Gasteiger partial charge in [-0.2, -0.15) is 4.39 Å². The third kappa shape index (κ3) is 10.1. The van der Waals surface area contributed by atoms with Gasteiger partial charge < -0.3 is 14.2 Å². The summed E-state index contributed by atoms with van der Waals surface area (Å²) in [6.07, 6.45) is 8.99. The van der Waals surface area contributed by atoms with Crippen LogP contribution >= 0.6 is 0 Å². The molecule has 0 heterocycles. The zero-order chi connectivity index (χ0) is 29.6. The van der Waals surface area contributed by atoms with Crippen LogP contribution in [0.15, 0.2) is 36.4 Å². The Bertz CT molecular complexity index is 1100. The van der Waals surface area contributed by atoms with E-state index in [9.17, 15) is 22.8 Å². The molecule has 0 spiro atoms. The van der Waals surface area contributed by atoms with E-state index in [-0.39, 0.29) is 36.5 Å². The summed E-state index contributed by atoms with van der Waals surface area (Å²) in [5, 5.41) is 0. The number of carbonyl (C=O) groups is 2. The van der Waals surface area contributed by atoms with E-state index in [0.29, 0.717) is 19.3 Å². The molecule has 1 atom stereocenters. The smallest absolute Gasteiger partial charge is 0.346 e. The van der Waals surface area contributed by atoms with Crippen LogP contribution in [0.5, 0.6) is 11.5 Å². The van der Waals surface area contributed by atoms with Crippen LogP contribution in [0.3, 0.4) is 0 Å². The average molecular weight is 577 g/mol. The third-order valence-electron chi connectivity index (χ3n) is 7.61. The highest BCUT2D eigenvalue weighted by molar-refractivity contribution is 5.91. The minimum absolute atomic E-state index is 0.197. The fourth-order valence-electron chi connectivity index (χ4n) is 5.09. The Balaban J connectivity index is 1.46. The Hall–Kier alpha value is -3.03. The van der Waals surface area contributed by atoms with Gasteiger partial charge in [0.2, 0.25) is 5.82 Å². The highest BCUT2D eigenvalue weighted by Crippen LogP contribution is 2.35. The van der Waals surface area contributed by atoms with E-state index < -0.39 is 35.3 Å². The molecule has 2 aromatic carbocycles. The Morgan fingerprint density at radius 1 is 0.829 bits per heavy atom. The number of unbranched alkanes of at least 4 members (excludes halogenated alkanes) is 6. The fourth-order valence-corrected chi connectivity index (χ4v) is 5.09. The summed E-state index contributed by atoms with van der Waals surface area (Å²) < 4.78 is 59.1. The van der Waals surface area contributed by atoms with Crippen LogP contribution in [0.25, 0.3) is 0 Å². The molecule has 2 aromatic rings. The standard InChI is InChI=1S/C33H43F3O5/c1-3-5-7-8-9-10-22-39-29-21-20-27(30(35)31(29)36)32(37)40-25-16-12-23(13-17-25)24-14-18-26(19-15-24)41-33(38)28(34)11-6-4-2/h12-13,16-17,20-21,24,26,28H,3-11,14-15,18-19,22H2,1-2H3/t24?,26?,28-/m0/s1. The van der Waals surface area contributed by atoms with Crippen molar-refractivity contribution in [2.24, 2.45) is 0 Å². The van der Waals surface area contributed by atoms with Gasteiger partial charge in [-0.3, -0.25) is 0 Å². The molecular formula is C33H43F3O5. The van der Waals surface area contributed by atoms with Gasteiger partial charge in [0, 0.05) is 0 Å².